The number of nitrogens with zero attached hydrogens (tertiary/aromatic N) is 2. The number of nitrogens with one attached hydrogen (secondary N) is 1. The lowest BCUT2D eigenvalue weighted by molar-refractivity contribution is 0.204. The number of fused-ring (bicyclic) bond motifs is 1. The first-order valence-corrected chi connectivity index (χ1v) is 12.4. The van der Waals surface area contributed by atoms with Gasteiger partial charge in [0.1, 0.15) is 34.8 Å². The lowest BCUT2D eigenvalue weighted by atomic mass is 10.0. The van der Waals surface area contributed by atoms with Gasteiger partial charge in [0, 0.05) is 29.2 Å². The Morgan fingerprint density at radius 1 is 1.00 bits per heavy atom. The van der Waals surface area contributed by atoms with Gasteiger partial charge in [-0.25, -0.2) is 36.8 Å². The molecule has 0 atom stereocenters. The van der Waals surface area contributed by atoms with E-state index in [0.29, 0.717) is 27.4 Å². The van der Waals surface area contributed by atoms with Crippen molar-refractivity contribution in [2.75, 3.05) is 23.4 Å². The number of amides is 2. The lowest BCUT2D eigenvalue weighted by Crippen LogP contribution is -2.33. The molecule has 0 unspecified atom stereocenters. The van der Waals surface area contributed by atoms with Crippen molar-refractivity contribution in [1.82, 2.24) is 4.98 Å². The number of aromatic nitrogens is 1. The van der Waals surface area contributed by atoms with E-state index in [-0.39, 0.29) is 30.2 Å². The van der Waals surface area contributed by atoms with E-state index in [2.05, 4.69) is 14.8 Å². The molecule has 0 spiro atoms. The molecule has 0 saturated carbocycles. The van der Waals surface area contributed by atoms with Crippen molar-refractivity contribution in [1.29, 1.82) is 0 Å². The number of rotatable bonds is 8. The predicted molar refractivity (Wildman–Crippen MR) is 132 cm³/mol. The molecule has 0 bridgehead atoms. The molecule has 0 aliphatic heterocycles. The molecule has 1 heterocycles. The summed E-state index contributed by atoms with van der Waals surface area (Å²) in [5.41, 5.74) is 4.84. The summed E-state index contributed by atoms with van der Waals surface area (Å²) in [6.45, 7) is -0.347. The highest BCUT2D eigenvalue weighted by Gasteiger charge is 2.26. The highest BCUT2D eigenvalue weighted by Crippen LogP contribution is 2.37. The van der Waals surface area contributed by atoms with Crippen molar-refractivity contribution in [3.8, 4) is 11.3 Å². The van der Waals surface area contributed by atoms with Crippen molar-refractivity contribution in [3.05, 3.63) is 83.9 Å². The molecule has 0 saturated heterocycles. The first-order chi connectivity index (χ1) is 17.9. The van der Waals surface area contributed by atoms with Crippen molar-refractivity contribution in [2.45, 2.75) is 0 Å². The normalized spacial score (nSPS) is 11.5. The van der Waals surface area contributed by atoms with Crippen LogP contribution in [-0.4, -0.2) is 34.0 Å². The molecular weight excluding hydrogens is 531 g/mol. The fraction of sp³-hybridized carbons (Fsp3) is 0.0833. The Kier molecular flexibility index (Phi) is 7.65. The SMILES string of the molecule is NC(=O)N(c1cc2cc(NCCOP(=O)(O)O)ccc2c(-c2ccc(F)cc2F)n1)c1c(F)cccc1F. The van der Waals surface area contributed by atoms with Crippen LogP contribution in [0.2, 0.25) is 0 Å². The van der Waals surface area contributed by atoms with E-state index in [4.69, 9.17) is 15.5 Å². The third-order valence-corrected chi connectivity index (χ3v) is 5.82. The van der Waals surface area contributed by atoms with Crippen LogP contribution >= 0.6 is 7.82 Å². The highest BCUT2D eigenvalue weighted by molar-refractivity contribution is 7.46. The number of phosphoric ester groups is 1. The number of carbonyl (C=O) groups is 1. The molecule has 9 nitrogen and oxygen atoms in total. The Hall–Kier alpha value is -4.03. The molecule has 0 aliphatic rings. The van der Waals surface area contributed by atoms with E-state index in [1.165, 1.54) is 18.2 Å². The van der Waals surface area contributed by atoms with Crippen LogP contribution in [0.1, 0.15) is 0 Å². The summed E-state index contributed by atoms with van der Waals surface area (Å²) in [4.78, 5) is 34.7. The fourth-order valence-electron chi connectivity index (χ4n) is 3.76. The van der Waals surface area contributed by atoms with E-state index in [1.54, 1.807) is 6.07 Å². The Morgan fingerprint density at radius 3 is 2.34 bits per heavy atom. The summed E-state index contributed by atoms with van der Waals surface area (Å²) < 4.78 is 72.8. The number of hydrogen-bond donors (Lipinski definition) is 4. The van der Waals surface area contributed by atoms with Gasteiger partial charge in [-0.15, -0.1) is 0 Å². The van der Waals surface area contributed by atoms with Gasteiger partial charge in [-0.1, -0.05) is 12.1 Å². The van der Waals surface area contributed by atoms with E-state index < -0.39 is 42.8 Å². The average molecular weight is 550 g/mol. The van der Waals surface area contributed by atoms with Crippen molar-refractivity contribution >= 4 is 41.8 Å². The number of benzene rings is 3. The second-order valence-electron chi connectivity index (χ2n) is 7.88. The number of pyridine rings is 1. The summed E-state index contributed by atoms with van der Waals surface area (Å²) in [6.07, 6.45) is 0. The van der Waals surface area contributed by atoms with Gasteiger partial charge in [0.15, 0.2) is 0 Å². The van der Waals surface area contributed by atoms with Crippen molar-refractivity contribution < 1.29 is 41.2 Å². The van der Waals surface area contributed by atoms with Gasteiger partial charge in [0.05, 0.1) is 12.3 Å². The summed E-state index contributed by atoms with van der Waals surface area (Å²) in [5.74, 6) is -4.39. The van der Waals surface area contributed by atoms with Gasteiger partial charge >= 0.3 is 13.9 Å². The summed E-state index contributed by atoms with van der Waals surface area (Å²) >= 11 is 0. The summed E-state index contributed by atoms with van der Waals surface area (Å²) in [5, 5.41) is 3.50. The smallest absolute Gasteiger partial charge is 0.383 e. The molecular formula is C24H19F4N4O5P. The van der Waals surface area contributed by atoms with Crippen LogP contribution in [0.15, 0.2) is 60.7 Å². The minimum absolute atomic E-state index is 0.0121. The maximum atomic E-state index is 14.8. The van der Waals surface area contributed by atoms with E-state index in [0.717, 1.165) is 30.3 Å². The van der Waals surface area contributed by atoms with Crippen LogP contribution in [0.3, 0.4) is 0 Å². The predicted octanol–water partition coefficient (Wildman–Crippen LogP) is 5.20. The topological polar surface area (TPSA) is 138 Å². The molecule has 1 aromatic heterocycles. The van der Waals surface area contributed by atoms with Crippen LogP contribution in [0.25, 0.3) is 22.0 Å². The number of primary amides is 1. The van der Waals surface area contributed by atoms with Crippen molar-refractivity contribution in [2.24, 2.45) is 5.73 Å². The van der Waals surface area contributed by atoms with Gasteiger partial charge in [-0.05, 0) is 47.9 Å². The van der Waals surface area contributed by atoms with E-state index in [9.17, 15) is 26.9 Å². The van der Waals surface area contributed by atoms with E-state index in [1.807, 2.05) is 0 Å². The third kappa shape index (κ3) is 5.92. The average Bonchev–Trinajstić information content (AvgIpc) is 2.82. The Bertz CT molecular complexity index is 1560. The molecule has 2 amide bonds. The molecule has 4 rings (SSSR count). The van der Waals surface area contributed by atoms with Crippen LogP contribution in [-0.2, 0) is 9.09 Å². The molecule has 3 aromatic carbocycles. The largest absolute Gasteiger partial charge is 0.469 e. The van der Waals surface area contributed by atoms with Crippen LogP contribution < -0.4 is 16.0 Å². The lowest BCUT2D eigenvalue weighted by Gasteiger charge is -2.22. The number of urea groups is 1. The zero-order chi connectivity index (χ0) is 27.6. The Morgan fingerprint density at radius 2 is 1.71 bits per heavy atom. The number of halogens is 4. The number of phosphoric acid groups is 1. The van der Waals surface area contributed by atoms with Crippen LogP contribution in [0.4, 0.5) is 39.5 Å². The molecule has 4 aromatic rings. The molecule has 0 fully saturated rings. The van der Waals surface area contributed by atoms with Gasteiger partial charge in [0.2, 0.25) is 0 Å². The zero-order valence-corrected chi connectivity index (χ0v) is 20.1. The van der Waals surface area contributed by atoms with Crippen LogP contribution in [0.5, 0.6) is 0 Å². The summed E-state index contributed by atoms with van der Waals surface area (Å²) in [7, 11) is -4.66. The standard InChI is InChI=1S/C24H19F4N4O5P/c25-14-4-6-17(20(28)12-14)22-16-7-5-15(30-8-9-37-38(34,35)36)10-13(16)11-21(31-22)32(24(29)33)23-18(26)2-1-3-19(23)27/h1-7,10-12,30H,8-9H2,(H2,29,33)(H2,34,35,36). The second-order valence-corrected chi connectivity index (χ2v) is 9.12. The second kappa shape index (κ2) is 10.8. The molecule has 38 heavy (non-hydrogen) atoms. The molecule has 0 radical (unpaired) electrons. The Balaban J connectivity index is 1.88. The molecule has 0 aliphatic carbocycles. The zero-order valence-electron chi connectivity index (χ0n) is 19.2. The summed E-state index contributed by atoms with van der Waals surface area (Å²) in [6, 6.07) is 10.3. The maximum Gasteiger partial charge on any atom is 0.469 e. The van der Waals surface area contributed by atoms with Gasteiger partial charge < -0.3 is 20.8 Å². The van der Waals surface area contributed by atoms with Crippen molar-refractivity contribution in [3.63, 3.8) is 0 Å². The fourth-order valence-corrected chi connectivity index (χ4v) is 4.08. The monoisotopic (exact) mass is 550 g/mol. The number of nitrogens with two attached hydrogens (primary N) is 1. The minimum atomic E-state index is -4.66. The first-order valence-electron chi connectivity index (χ1n) is 10.8. The van der Waals surface area contributed by atoms with Gasteiger partial charge in [0.25, 0.3) is 0 Å². The minimum Gasteiger partial charge on any atom is -0.383 e. The van der Waals surface area contributed by atoms with Gasteiger partial charge in [-0.2, -0.15) is 0 Å². The Labute approximate surface area is 212 Å². The number of anilines is 3. The molecule has 14 heteroatoms. The number of carbonyl (C=O) groups excluding carboxylic acids is 1. The number of hydrogen-bond acceptors (Lipinski definition) is 5. The molecule has 5 N–H and O–H groups in total. The van der Waals surface area contributed by atoms with Crippen LogP contribution in [0, 0.1) is 23.3 Å². The third-order valence-electron chi connectivity index (χ3n) is 5.31. The van der Waals surface area contributed by atoms with Gasteiger partial charge in [-0.3, -0.25) is 4.52 Å². The highest BCUT2D eigenvalue weighted by atomic mass is 31.2. The first kappa shape index (κ1) is 27.0. The quantitative estimate of drug-likeness (QED) is 0.135. The van der Waals surface area contributed by atoms with E-state index >= 15 is 0 Å². The number of para-hydroxylation sites is 1. The molecule has 198 valence electrons. The maximum absolute atomic E-state index is 14.8.